The number of rotatable bonds is 10. The molecule has 0 unspecified atom stereocenters. The minimum atomic E-state index is -0.728. The zero-order chi connectivity index (χ0) is 14.1. The number of aliphatic carboxylic acids is 1. The fourth-order valence-electron chi connectivity index (χ4n) is 2.56. The Balaban J connectivity index is 2.18. The molecule has 0 aromatic carbocycles. The van der Waals surface area contributed by atoms with Crippen LogP contribution in [-0.2, 0) is 4.79 Å². The van der Waals surface area contributed by atoms with E-state index in [1.54, 1.807) is 0 Å². The topological polar surface area (TPSA) is 78.4 Å². The average molecular weight is 270 g/mol. The van der Waals surface area contributed by atoms with Crippen LogP contribution < -0.4 is 10.6 Å². The summed E-state index contributed by atoms with van der Waals surface area (Å²) in [5.41, 5.74) is 0. The number of carbonyl (C=O) groups is 2. The fourth-order valence-corrected chi connectivity index (χ4v) is 2.56. The highest BCUT2D eigenvalue weighted by Crippen LogP contribution is 2.16. The van der Waals surface area contributed by atoms with Gasteiger partial charge in [-0.2, -0.15) is 0 Å². The summed E-state index contributed by atoms with van der Waals surface area (Å²) >= 11 is 0. The van der Waals surface area contributed by atoms with Crippen LogP contribution in [0.4, 0.5) is 4.79 Å². The van der Waals surface area contributed by atoms with Gasteiger partial charge in [0.1, 0.15) is 0 Å². The summed E-state index contributed by atoms with van der Waals surface area (Å²) in [5, 5.41) is 14.5. The summed E-state index contributed by atoms with van der Waals surface area (Å²) in [4.78, 5) is 21.8. The number of nitrogens with one attached hydrogen (secondary N) is 2. The molecule has 2 amide bonds. The first-order chi connectivity index (χ1) is 9.13. The average Bonchev–Trinajstić information content (AvgIpc) is 2.69. The molecule has 1 saturated heterocycles. The van der Waals surface area contributed by atoms with E-state index in [9.17, 15) is 9.59 Å². The minimum absolute atomic E-state index is 0.0583. The minimum Gasteiger partial charge on any atom is -0.481 e. The van der Waals surface area contributed by atoms with Crippen LogP contribution in [0.1, 0.15) is 64.7 Å². The van der Waals surface area contributed by atoms with E-state index in [1.807, 2.05) is 0 Å². The van der Waals surface area contributed by atoms with Gasteiger partial charge < -0.3 is 15.7 Å². The summed E-state index contributed by atoms with van der Waals surface area (Å²) in [6, 6.07) is 0.407. The number of hydrogen-bond donors (Lipinski definition) is 3. The first-order valence-corrected chi connectivity index (χ1v) is 7.42. The molecule has 3 N–H and O–H groups in total. The van der Waals surface area contributed by atoms with Crippen LogP contribution >= 0.6 is 0 Å². The van der Waals surface area contributed by atoms with Gasteiger partial charge in [-0.05, 0) is 19.3 Å². The van der Waals surface area contributed by atoms with Crippen LogP contribution in [-0.4, -0.2) is 29.2 Å². The number of hydrogen-bond acceptors (Lipinski definition) is 2. The standard InChI is InChI=1S/C14H26N2O3/c1-2-3-5-8-11-12(16-14(19)15-11)9-6-4-7-10-13(17)18/h11-12H,2-10H2,1H3,(H,17,18)(H2,15,16,19)/t11-,12+/m0/s1. The molecule has 1 fully saturated rings. The molecule has 1 rings (SSSR count). The molecule has 0 saturated carbocycles. The second kappa shape index (κ2) is 8.77. The second-order valence-corrected chi connectivity index (χ2v) is 5.32. The van der Waals surface area contributed by atoms with Gasteiger partial charge in [-0.3, -0.25) is 4.79 Å². The summed E-state index contributed by atoms with van der Waals surface area (Å²) < 4.78 is 0. The van der Waals surface area contributed by atoms with Crippen LogP contribution in [0.3, 0.4) is 0 Å². The number of carbonyl (C=O) groups excluding carboxylic acids is 1. The van der Waals surface area contributed by atoms with Gasteiger partial charge in [0.15, 0.2) is 0 Å². The highest BCUT2D eigenvalue weighted by atomic mass is 16.4. The maximum Gasteiger partial charge on any atom is 0.315 e. The van der Waals surface area contributed by atoms with E-state index < -0.39 is 5.97 Å². The zero-order valence-electron chi connectivity index (χ0n) is 11.8. The molecule has 1 heterocycles. The van der Waals surface area contributed by atoms with Crippen LogP contribution in [0.5, 0.6) is 0 Å². The fraction of sp³-hybridized carbons (Fsp3) is 0.857. The number of urea groups is 1. The number of amides is 2. The summed E-state index contributed by atoms with van der Waals surface area (Å²) in [6.07, 6.45) is 8.38. The predicted molar refractivity (Wildman–Crippen MR) is 74.1 cm³/mol. The lowest BCUT2D eigenvalue weighted by atomic mass is 9.97. The van der Waals surface area contributed by atoms with Gasteiger partial charge in [0, 0.05) is 6.42 Å². The van der Waals surface area contributed by atoms with E-state index in [1.165, 1.54) is 12.8 Å². The van der Waals surface area contributed by atoms with Crippen molar-refractivity contribution in [1.29, 1.82) is 0 Å². The molecule has 0 aliphatic carbocycles. The smallest absolute Gasteiger partial charge is 0.315 e. The second-order valence-electron chi connectivity index (χ2n) is 5.32. The Morgan fingerprint density at radius 1 is 1.05 bits per heavy atom. The Hall–Kier alpha value is -1.26. The Morgan fingerprint density at radius 2 is 1.63 bits per heavy atom. The molecule has 5 nitrogen and oxygen atoms in total. The molecule has 19 heavy (non-hydrogen) atoms. The quantitative estimate of drug-likeness (QED) is 0.534. The van der Waals surface area contributed by atoms with Gasteiger partial charge in [-0.25, -0.2) is 4.79 Å². The van der Waals surface area contributed by atoms with Crippen LogP contribution in [0, 0.1) is 0 Å². The normalized spacial score (nSPS) is 22.1. The molecule has 0 aromatic heterocycles. The Bertz CT molecular complexity index is 294. The van der Waals surface area contributed by atoms with Crippen molar-refractivity contribution >= 4 is 12.0 Å². The van der Waals surface area contributed by atoms with Gasteiger partial charge in [-0.15, -0.1) is 0 Å². The lowest BCUT2D eigenvalue weighted by Gasteiger charge is -2.18. The summed E-state index contributed by atoms with van der Waals surface area (Å²) in [6.45, 7) is 2.17. The number of carboxylic acids is 1. The van der Waals surface area contributed by atoms with Gasteiger partial charge in [0.25, 0.3) is 0 Å². The third-order valence-electron chi connectivity index (χ3n) is 3.64. The summed E-state index contributed by atoms with van der Waals surface area (Å²) in [5.74, 6) is -0.728. The molecule has 0 bridgehead atoms. The molecular weight excluding hydrogens is 244 g/mol. The van der Waals surface area contributed by atoms with Crippen molar-refractivity contribution in [3.05, 3.63) is 0 Å². The van der Waals surface area contributed by atoms with Crippen molar-refractivity contribution in [1.82, 2.24) is 10.6 Å². The SMILES string of the molecule is CCCCC[C@@H]1NC(=O)N[C@@H]1CCCCCC(=O)O. The van der Waals surface area contributed by atoms with Gasteiger partial charge >= 0.3 is 12.0 Å². The molecule has 1 aliphatic rings. The Kier molecular flexibility index (Phi) is 7.30. The third-order valence-corrected chi connectivity index (χ3v) is 3.64. The maximum absolute atomic E-state index is 11.4. The third kappa shape index (κ3) is 6.45. The van der Waals surface area contributed by atoms with E-state index in [4.69, 9.17) is 5.11 Å². The van der Waals surface area contributed by atoms with Gasteiger partial charge in [0.05, 0.1) is 12.1 Å². The molecule has 110 valence electrons. The Morgan fingerprint density at radius 3 is 2.16 bits per heavy atom. The van der Waals surface area contributed by atoms with Crippen molar-refractivity contribution in [2.75, 3.05) is 0 Å². The van der Waals surface area contributed by atoms with Crippen molar-refractivity contribution in [2.24, 2.45) is 0 Å². The van der Waals surface area contributed by atoms with Crippen LogP contribution in [0.15, 0.2) is 0 Å². The van der Waals surface area contributed by atoms with Gasteiger partial charge in [0.2, 0.25) is 0 Å². The van der Waals surface area contributed by atoms with Crippen molar-refractivity contribution < 1.29 is 14.7 Å². The van der Waals surface area contributed by atoms with E-state index in [0.717, 1.165) is 38.5 Å². The zero-order valence-corrected chi connectivity index (χ0v) is 11.8. The monoisotopic (exact) mass is 270 g/mol. The molecule has 1 aliphatic heterocycles. The number of carboxylic acid groups (broad SMARTS) is 1. The van der Waals surface area contributed by atoms with E-state index in [0.29, 0.717) is 0 Å². The highest BCUT2D eigenvalue weighted by Gasteiger charge is 2.30. The molecule has 0 aromatic rings. The van der Waals surface area contributed by atoms with E-state index in [2.05, 4.69) is 17.6 Å². The molecule has 5 heteroatoms. The van der Waals surface area contributed by atoms with Crippen molar-refractivity contribution in [3.8, 4) is 0 Å². The van der Waals surface area contributed by atoms with E-state index in [-0.39, 0.29) is 24.5 Å². The largest absolute Gasteiger partial charge is 0.481 e. The maximum atomic E-state index is 11.4. The molecule has 0 radical (unpaired) electrons. The predicted octanol–water partition coefficient (Wildman–Crippen LogP) is 2.65. The van der Waals surface area contributed by atoms with Crippen LogP contribution in [0.25, 0.3) is 0 Å². The van der Waals surface area contributed by atoms with Crippen LogP contribution in [0.2, 0.25) is 0 Å². The summed E-state index contributed by atoms with van der Waals surface area (Å²) in [7, 11) is 0. The molecule has 0 spiro atoms. The molecule has 2 atom stereocenters. The lowest BCUT2D eigenvalue weighted by molar-refractivity contribution is -0.137. The molecular formula is C14H26N2O3. The first-order valence-electron chi connectivity index (χ1n) is 7.42. The van der Waals surface area contributed by atoms with Gasteiger partial charge in [-0.1, -0.05) is 39.0 Å². The van der Waals surface area contributed by atoms with Crippen molar-refractivity contribution in [3.63, 3.8) is 0 Å². The highest BCUT2D eigenvalue weighted by molar-refractivity contribution is 5.77. The van der Waals surface area contributed by atoms with Crippen molar-refractivity contribution in [2.45, 2.75) is 76.8 Å². The number of unbranched alkanes of at least 4 members (excludes halogenated alkanes) is 4. The Labute approximate surface area is 115 Å². The lowest BCUT2D eigenvalue weighted by Crippen LogP contribution is -2.33. The van der Waals surface area contributed by atoms with E-state index >= 15 is 0 Å². The first kappa shape index (κ1) is 15.8.